The first-order valence-corrected chi connectivity index (χ1v) is 7.60. The summed E-state index contributed by atoms with van der Waals surface area (Å²) in [5.74, 6) is -0.539. The number of rotatable bonds is 5. The maximum Gasteiger partial charge on any atom is 0.407 e. The van der Waals surface area contributed by atoms with Crippen molar-refractivity contribution in [3.8, 4) is 5.75 Å². The van der Waals surface area contributed by atoms with Gasteiger partial charge in [-0.05, 0) is 38.5 Å². The predicted octanol–water partition coefficient (Wildman–Crippen LogP) is 2.34. The van der Waals surface area contributed by atoms with Crippen LogP contribution in [0.4, 0.5) is 9.18 Å². The first-order chi connectivity index (χ1) is 11.2. The van der Waals surface area contributed by atoms with E-state index in [1.807, 2.05) is 0 Å². The highest BCUT2D eigenvalue weighted by molar-refractivity contribution is 14.0. The molecular formula is C16H26FIN4O3. The Morgan fingerprint density at radius 2 is 1.88 bits per heavy atom. The number of aromatic hydroxyl groups is 1. The van der Waals surface area contributed by atoms with Gasteiger partial charge in [-0.1, -0.05) is 6.07 Å². The van der Waals surface area contributed by atoms with Crippen molar-refractivity contribution in [3.63, 3.8) is 0 Å². The van der Waals surface area contributed by atoms with E-state index in [0.717, 1.165) is 0 Å². The number of carbonyl (C=O) groups is 1. The van der Waals surface area contributed by atoms with Crippen LogP contribution in [0.3, 0.4) is 0 Å². The van der Waals surface area contributed by atoms with Crippen molar-refractivity contribution in [1.82, 2.24) is 16.0 Å². The Morgan fingerprint density at radius 3 is 2.44 bits per heavy atom. The molecule has 25 heavy (non-hydrogen) atoms. The molecule has 0 spiro atoms. The summed E-state index contributed by atoms with van der Waals surface area (Å²) in [4.78, 5) is 15.5. The van der Waals surface area contributed by atoms with E-state index in [0.29, 0.717) is 31.2 Å². The number of alkyl carbamates (subject to hydrolysis) is 1. The number of nitrogens with zero attached hydrogens (tertiary/aromatic N) is 1. The Bertz CT molecular complexity index is 591. The lowest BCUT2D eigenvalue weighted by atomic mass is 10.2. The second kappa shape index (κ2) is 11.0. The number of benzene rings is 1. The summed E-state index contributed by atoms with van der Waals surface area (Å²) in [6, 6.07) is 4.16. The Labute approximate surface area is 164 Å². The van der Waals surface area contributed by atoms with E-state index in [1.165, 1.54) is 12.1 Å². The van der Waals surface area contributed by atoms with Gasteiger partial charge in [0.2, 0.25) is 0 Å². The summed E-state index contributed by atoms with van der Waals surface area (Å²) in [5.41, 5.74) is 0.134. The Balaban J connectivity index is 0.00000576. The third kappa shape index (κ3) is 9.95. The molecular weight excluding hydrogens is 442 g/mol. The molecule has 0 fully saturated rings. The fraction of sp³-hybridized carbons (Fsp3) is 0.500. The Kier molecular flexibility index (Phi) is 10.2. The van der Waals surface area contributed by atoms with E-state index in [-0.39, 0.29) is 29.7 Å². The third-order valence-corrected chi connectivity index (χ3v) is 2.78. The zero-order valence-electron chi connectivity index (χ0n) is 14.9. The molecule has 1 amide bonds. The van der Waals surface area contributed by atoms with Gasteiger partial charge in [0.1, 0.15) is 5.60 Å². The van der Waals surface area contributed by atoms with Crippen molar-refractivity contribution in [3.05, 3.63) is 29.6 Å². The van der Waals surface area contributed by atoms with Gasteiger partial charge in [0.05, 0.1) is 0 Å². The highest BCUT2D eigenvalue weighted by atomic mass is 127. The molecule has 9 heteroatoms. The number of phenolic OH excluding ortho intramolecular Hbond substituents is 1. The molecule has 7 nitrogen and oxygen atoms in total. The Hall–Kier alpha value is -1.78. The molecule has 4 N–H and O–H groups in total. The number of aliphatic imine (C=N–C) groups is 1. The van der Waals surface area contributed by atoms with Crippen LogP contribution in [0.5, 0.6) is 5.75 Å². The van der Waals surface area contributed by atoms with Crippen LogP contribution in [0.25, 0.3) is 0 Å². The summed E-state index contributed by atoms with van der Waals surface area (Å²) in [6.45, 7) is 6.54. The van der Waals surface area contributed by atoms with Crippen LogP contribution in [0.2, 0.25) is 0 Å². The number of amides is 1. The van der Waals surface area contributed by atoms with E-state index in [9.17, 15) is 9.18 Å². The van der Waals surface area contributed by atoms with E-state index >= 15 is 0 Å². The van der Waals surface area contributed by atoms with Crippen molar-refractivity contribution >= 4 is 36.0 Å². The van der Waals surface area contributed by atoms with Crippen LogP contribution in [-0.4, -0.2) is 42.9 Å². The number of guanidine groups is 1. The summed E-state index contributed by atoms with van der Waals surface area (Å²) in [6.07, 6.45) is -0.480. The predicted molar refractivity (Wildman–Crippen MR) is 106 cm³/mol. The van der Waals surface area contributed by atoms with Crippen molar-refractivity contribution < 1.29 is 19.0 Å². The number of nitrogens with one attached hydrogen (secondary N) is 3. The summed E-state index contributed by atoms with van der Waals surface area (Å²) in [5, 5.41) is 17.8. The molecule has 0 radical (unpaired) electrons. The van der Waals surface area contributed by atoms with Gasteiger partial charge in [0.25, 0.3) is 0 Å². The molecule has 1 rings (SSSR count). The third-order valence-electron chi connectivity index (χ3n) is 2.78. The van der Waals surface area contributed by atoms with Gasteiger partial charge in [0.15, 0.2) is 17.5 Å². The summed E-state index contributed by atoms with van der Waals surface area (Å²) < 4.78 is 18.4. The number of ether oxygens (including phenoxy) is 1. The molecule has 0 atom stereocenters. The molecule has 0 saturated heterocycles. The molecule has 0 unspecified atom stereocenters. The minimum Gasteiger partial charge on any atom is -0.505 e. The molecule has 0 aliphatic rings. The van der Waals surface area contributed by atoms with Gasteiger partial charge >= 0.3 is 6.09 Å². The van der Waals surface area contributed by atoms with Gasteiger partial charge in [-0.25, -0.2) is 9.18 Å². The van der Waals surface area contributed by atoms with Crippen LogP contribution < -0.4 is 16.0 Å². The lowest BCUT2D eigenvalue weighted by Gasteiger charge is -2.20. The fourth-order valence-corrected chi connectivity index (χ4v) is 1.73. The molecule has 0 bridgehead atoms. The van der Waals surface area contributed by atoms with E-state index < -0.39 is 17.5 Å². The molecule has 0 aromatic heterocycles. The molecule has 0 aliphatic heterocycles. The average molecular weight is 468 g/mol. The first-order valence-electron chi connectivity index (χ1n) is 7.60. The van der Waals surface area contributed by atoms with Crippen LogP contribution in [0.1, 0.15) is 26.3 Å². The number of hydrogen-bond donors (Lipinski definition) is 4. The molecule has 0 saturated carbocycles. The number of hydrogen-bond acceptors (Lipinski definition) is 4. The van der Waals surface area contributed by atoms with E-state index in [1.54, 1.807) is 33.9 Å². The highest BCUT2D eigenvalue weighted by Crippen LogP contribution is 2.15. The maximum atomic E-state index is 13.3. The lowest BCUT2D eigenvalue weighted by molar-refractivity contribution is 0.0529. The van der Waals surface area contributed by atoms with Gasteiger partial charge < -0.3 is 25.8 Å². The quantitative estimate of drug-likeness (QED) is 0.230. The van der Waals surface area contributed by atoms with Gasteiger partial charge in [-0.15, -0.1) is 24.0 Å². The number of phenols is 1. The summed E-state index contributed by atoms with van der Waals surface area (Å²) in [7, 11) is 1.61. The SMILES string of the molecule is CN=C(NCCNC(=O)OC(C)(C)C)NCc1ccc(O)c(F)c1.I. The van der Waals surface area contributed by atoms with Crippen LogP contribution in [0, 0.1) is 5.82 Å². The summed E-state index contributed by atoms with van der Waals surface area (Å²) >= 11 is 0. The van der Waals surface area contributed by atoms with Crippen molar-refractivity contribution in [2.75, 3.05) is 20.1 Å². The van der Waals surface area contributed by atoms with Crippen LogP contribution in [-0.2, 0) is 11.3 Å². The van der Waals surface area contributed by atoms with Crippen LogP contribution in [0.15, 0.2) is 23.2 Å². The normalized spacial score (nSPS) is 11.3. The molecule has 0 heterocycles. The largest absolute Gasteiger partial charge is 0.505 e. The van der Waals surface area contributed by atoms with Crippen molar-refractivity contribution in [1.29, 1.82) is 0 Å². The fourth-order valence-electron chi connectivity index (χ4n) is 1.73. The van der Waals surface area contributed by atoms with E-state index in [2.05, 4.69) is 20.9 Å². The smallest absolute Gasteiger partial charge is 0.407 e. The number of halogens is 2. The topological polar surface area (TPSA) is 95.0 Å². The van der Waals surface area contributed by atoms with Gasteiger partial charge in [0, 0.05) is 26.7 Å². The monoisotopic (exact) mass is 468 g/mol. The molecule has 0 aliphatic carbocycles. The minimum atomic E-state index is -0.668. The lowest BCUT2D eigenvalue weighted by Crippen LogP contribution is -2.42. The molecule has 142 valence electrons. The highest BCUT2D eigenvalue weighted by Gasteiger charge is 2.15. The zero-order valence-corrected chi connectivity index (χ0v) is 17.2. The molecule has 1 aromatic carbocycles. The van der Waals surface area contributed by atoms with Crippen LogP contribution >= 0.6 is 24.0 Å². The second-order valence-corrected chi connectivity index (χ2v) is 6.07. The first kappa shape index (κ1) is 23.2. The zero-order chi connectivity index (χ0) is 18.2. The van der Waals surface area contributed by atoms with Crippen molar-refractivity contribution in [2.45, 2.75) is 32.9 Å². The standard InChI is InChI=1S/C16H25FN4O3.HI/c1-16(2,3)24-15(23)20-8-7-19-14(18-4)21-10-11-5-6-13(22)12(17)9-11;/h5-6,9,22H,7-8,10H2,1-4H3,(H,20,23)(H2,18,19,21);1H. The molecule has 1 aromatic rings. The van der Waals surface area contributed by atoms with Gasteiger partial charge in [-0.2, -0.15) is 0 Å². The van der Waals surface area contributed by atoms with Gasteiger partial charge in [-0.3, -0.25) is 4.99 Å². The maximum absolute atomic E-state index is 13.3. The van der Waals surface area contributed by atoms with E-state index in [4.69, 9.17) is 9.84 Å². The van der Waals surface area contributed by atoms with Crippen molar-refractivity contribution in [2.24, 2.45) is 4.99 Å². The minimum absolute atomic E-state index is 0. The number of carbonyl (C=O) groups excluding carboxylic acids is 1. The average Bonchev–Trinajstić information content (AvgIpc) is 2.48. The second-order valence-electron chi connectivity index (χ2n) is 6.07. The Morgan fingerprint density at radius 1 is 1.24 bits per heavy atom.